The van der Waals surface area contributed by atoms with Crippen molar-refractivity contribution in [1.82, 2.24) is 0 Å². The van der Waals surface area contributed by atoms with Gasteiger partial charge in [-0.2, -0.15) is 0 Å². The molecule has 0 saturated heterocycles. The summed E-state index contributed by atoms with van der Waals surface area (Å²) in [6, 6.07) is 0. The molecule has 0 aromatic heterocycles. The number of hydrogen-bond donors (Lipinski definition) is 0. The fourth-order valence-electron chi connectivity index (χ4n) is 3.97. The number of hydrogen-bond acceptors (Lipinski definition) is 0. The van der Waals surface area contributed by atoms with Crippen molar-refractivity contribution in [3.63, 3.8) is 0 Å². The summed E-state index contributed by atoms with van der Waals surface area (Å²) in [4.78, 5) is 0. The van der Waals surface area contributed by atoms with Gasteiger partial charge in [0.05, 0.1) is 0 Å². The van der Waals surface area contributed by atoms with Crippen molar-refractivity contribution in [3.05, 3.63) is 11.6 Å². The largest absolute Gasteiger partial charge is 0.0853 e. The summed E-state index contributed by atoms with van der Waals surface area (Å²) in [5.41, 5.74) is 2.20. The summed E-state index contributed by atoms with van der Waals surface area (Å²) in [5.74, 6) is 2.39. The molecule has 2 unspecified atom stereocenters. The van der Waals surface area contributed by atoms with Gasteiger partial charge in [0.15, 0.2) is 0 Å². The van der Waals surface area contributed by atoms with Crippen LogP contribution in [0.4, 0.5) is 0 Å². The van der Waals surface area contributed by atoms with E-state index in [1.165, 1.54) is 38.5 Å². The van der Waals surface area contributed by atoms with Gasteiger partial charge in [-0.3, -0.25) is 0 Å². The predicted octanol–water partition coefficient (Wildman–Crippen LogP) is 7.25. The standard InChI is InChI=1S/C20H40/c1-9-11-18(6)19(12-10-2)13-17(5)15-20(7,8)14-16(3)4/h12,16-18H,9-11,13-15H2,1-8H3. The Kier molecular flexibility index (Phi) is 9.51. The highest BCUT2D eigenvalue weighted by atomic mass is 14.3. The fraction of sp³-hybridized carbons (Fsp3) is 0.900. The van der Waals surface area contributed by atoms with Crippen LogP contribution in [0.2, 0.25) is 0 Å². The average molecular weight is 281 g/mol. The van der Waals surface area contributed by atoms with Crippen molar-refractivity contribution in [1.29, 1.82) is 0 Å². The van der Waals surface area contributed by atoms with Gasteiger partial charge in [-0.25, -0.2) is 0 Å². The zero-order chi connectivity index (χ0) is 15.8. The minimum absolute atomic E-state index is 0.485. The van der Waals surface area contributed by atoms with Gasteiger partial charge >= 0.3 is 0 Å². The van der Waals surface area contributed by atoms with Gasteiger partial charge in [0.2, 0.25) is 0 Å². The van der Waals surface area contributed by atoms with Crippen LogP contribution in [0.1, 0.15) is 93.9 Å². The molecule has 0 nitrogen and oxygen atoms in total. The second-order valence-electron chi connectivity index (χ2n) is 8.15. The summed E-state index contributed by atoms with van der Waals surface area (Å²) >= 11 is 0. The van der Waals surface area contributed by atoms with Crippen molar-refractivity contribution in [2.75, 3.05) is 0 Å². The van der Waals surface area contributed by atoms with E-state index in [1.54, 1.807) is 5.57 Å². The molecule has 0 radical (unpaired) electrons. The maximum Gasteiger partial charge on any atom is -0.0232 e. The molecule has 0 heteroatoms. The van der Waals surface area contributed by atoms with Crippen LogP contribution in [-0.4, -0.2) is 0 Å². The zero-order valence-electron chi connectivity index (χ0n) is 15.6. The van der Waals surface area contributed by atoms with Crippen LogP contribution in [0.15, 0.2) is 11.6 Å². The molecule has 0 fully saturated rings. The normalized spacial score (nSPS) is 16.6. The highest BCUT2D eigenvalue weighted by Crippen LogP contribution is 2.35. The van der Waals surface area contributed by atoms with E-state index in [0.29, 0.717) is 5.41 Å². The smallest absolute Gasteiger partial charge is 0.0232 e. The molecule has 0 rings (SSSR count). The van der Waals surface area contributed by atoms with E-state index in [4.69, 9.17) is 0 Å². The fourth-order valence-corrected chi connectivity index (χ4v) is 3.97. The first-order valence-corrected chi connectivity index (χ1v) is 8.90. The lowest BCUT2D eigenvalue weighted by Gasteiger charge is -2.31. The Morgan fingerprint density at radius 3 is 2.05 bits per heavy atom. The topological polar surface area (TPSA) is 0 Å². The van der Waals surface area contributed by atoms with E-state index < -0.39 is 0 Å². The summed E-state index contributed by atoms with van der Waals surface area (Å²) in [6.45, 7) is 19.0. The molecule has 0 aliphatic heterocycles. The van der Waals surface area contributed by atoms with Crippen molar-refractivity contribution in [2.24, 2.45) is 23.2 Å². The SMILES string of the molecule is CCC=C(CC(C)CC(C)(C)CC(C)C)C(C)CCC. The molecule has 0 saturated carbocycles. The van der Waals surface area contributed by atoms with Crippen LogP contribution >= 0.6 is 0 Å². The maximum atomic E-state index is 2.49. The summed E-state index contributed by atoms with van der Waals surface area (Å²) in [6.07, 6.45) is 10.3. The highest BCUT2D eigenvalue weighted by molar-refractivity contribution is 5.06. The monoisotopic (exact) mass is 280 g/mol. The lowest BCUT2D eigenvalue weighted by atomic mass is 9.75. The van der Waals surface area contributed by atoms with Gasteiger partial charge < -0.3 is 0 Å². The molecule has 120 valence electrons. The van der Waals surface area contributed by atoms with Gasteiger partial charge in [0.1, 0.15) is 0 Å². The van der Waals surface area contributed by atoms with Gasteiger partial charge in [0.25, 0.3) is 0 Å². The van der Waals surface area contributed by atoms with E-state index in [-0.39, 0.29) is 0 Å². The molecule has 0 aromatic carbocycles. The molecule has 0 heterocycles. The second-order valence-corrected chi connectivity index (χ2v) is 8.15. The maximum absolute atomic E-state index is 2.49. The molecule has 0 aliphatic rings. The van der Waals surface area contributed by atoms with Crippen LogP contribution < -0.4 is 0 Å². The Bertz CT molecular complexity index is 270. The molecular weight excluding hydrogens is 240 g/mol. The highest BCUT2D eigenvalue weighted by Gasteiger charge is 2.23. The van der Waals surface area contributed by atoms with E-state index in [2.05, 4.69) is 61.5 Å². The Balaban J connectivity index is 4.53. The molecular formula is C20H40. The lowest BCUT2D eigenvalue weighted by Crippen LogP contribution is -2.19. The lowest BCUT2D eigenvalue weighted by molar-refractivity contribution is 0.224. The molecule has 0 bridgehead atoms. The van der Waals surface area contributed by atoms with Gasteiger partial charge in [-0.1, -0.05) is 73.5 Å². The third kappa shape index (κ3) is 8.82. The minimum atomic E-state index is 0.485. The summed E-state index contributed by atoms with van der Waals surface area (Å²) in [5, 5.41) is 0. The summed E-state index contributed by atoms with van der Waals surface area (Å²) < 4.78 is 0. The van der Waals surface area contributed by atoms with Gasteiger partial charge in [0, 0.05) is 0 Å². The van der Waals surface area contributed by atoms with Gasteiger partial charge in [-0.05, 0) is 55.3 Å². The summed E-state index contributed by atoms with van der Waals surface area (Å²) in [7, 11) is 0. The molecule has 20 heavy (non-hydrogen) atoms. The van der Waals surface area contributed by atoms with Gasteiger partial charge in [-0.15, -0.1) is 0 Å². The first-order valence-electron chi connectivity index (χ1n) is 8.90. The van der Waals surface area contributed by atoms with Crippen LogP contribution in [0.25, 0.3) is 0 Å². The third-order valence-electron chi connectivity index (χ3n) is 4.27. The first-order chi connectivity index (χ1) is 9.21. The average Bonchev–Trinajstić information content (AvgIpc) is 2.25. The Hall–Kier alpha value is -0.260. The third-order valence-corrected chi connectivity index (χ3v) is 4.27. The molecule has 0 N–H and O–H groups in total. The van der Waals surface area contributed by atoms with Crippen LogP contribution in [0.5, 0.6) is 0 Å². The van der Waals surface area contributed by atoms with E-state index >= 15 is 0 Å². The molecule has 2 atom stereocenters. The predicted molar refractivity (Wildman–Crippen MR) is 94.1 cm³/mol. The first kappa shape index (κ1) is 19.7. The molecule has 0 aromatic rings. The Morgan fingerprint density at radius 1 is 1.00 bits per heavy atom. The van der Waals surface area contributed by atoms with Crippen molar-refractivity contribution < 1.29 is 0 Å². The van der Waals surface area contributed by atoms with Crippen LogP contribution in [0, 0.1) is 23.2 Å². The van der Waals surface area contributed by atoms with Crippen molar-refractivity contribution in [2.45, 2.75) is 93.9 Å². The molecule has 0 spiro atoms. The molecule has 0 amide bonds. The second kappa shape index (κ2) is 9.64. The number of allylic oxidation sites excluding steroid dienone is 2. The minimum Gasteiger partial charge on any atom is -0.0853 e. The Labute approximate surface area is 129 Å². The van der Waals surface area contributed by atoms with Crippen molar-refractivity contribution in [3.8, 4) is 0 Å². The van der Waals surface area contributed by atoms with Crippen LogP contribution in [0.3, 0.4) is 0 Å². The zero-order valence-corrected chi connectivity index (χ0v) is 15.6. The van der Waals surface area contributed by atoms with E-state index in [0.717, 1.165) is 17.8 Å². The quantitative estimate of drug-likeness (QED) is 0.370. The van der Waals surface area contributed by atoms with E-state index in [1.807, 2.05) is 0 Å². The van der Waals surface area contributed by atoms with E-state index in [9.17, 15) is 0 Å². The van der Waals surface area contributed by atoms with Crippen molar-refractivity contribution >= 4 is 0 Å². The van der Waals surface area contributed by atoms with Crippen LogP contribution in [-0.2, 0) is 0 Å². The molecule has 0 aliphatic carbocycles. The Morgan fingerprint density at radius 2 is 1.60 bits per heavy atom. The number of rotatable bonds is 10.